The second-order valence-electron chi connectivity index (χ2n) is 8.01. The third kappa shape index (κ3) is 4.83. The molecule has 1 aliphatic heterocycles. The summed E-state index contributed by atoms with van der Waals surface area (Å²) in [5, 5.41) is 13.5. The molecule has 1 aliphatic rings. The molecular weight excluding hydrogens is 404 g/mol. The molecule has 1 amide bonds. The van der Waals surface area contributed by atoms with Crippen LogP contribution in [0.1, 0.15) is 39.0 Å². The zero-order valence-corrected chi connectivity index (χ0v) is 18.3. The number of aromatic nitrogens is 3. The third-order valence-corrected chi connectivity index (χ3v) is 5.69. The number of nitrogens with zero attached hydrogens (tertiary/aromatic N) is 4. The van der Waals surface area contributed by atoms with Crippen LogP contribution in [0.3, 0.4) is 0 Å². The molecule has 0 unspecified atom stereocenters. The maximum atomic E-state index is 12.2. The van der Waals surface area contributed by atoms with Crippen molar-refractivity contribution >= 4 is 22.6 Å². The zero-order chi connectivity index (χ0) is 22.3. The van der Waals surface area contributed by atoms with Crippen LogP contribution >= 0.6 is 0 Å². The largest absolute Gasteiger partial charge is 0.478 e. The van der Waals surface area contributed by atoms with Gasteiger partial charge < -0.3 is 19.9 Å². The summed E-state index contributed by atoms with van der Waals surface area (Å²) >= 11 is 0. The highest BCUT2D eigenvalue weighted by Crippen LogP contribution is 2.34. The number of pyridine rings is 2. The van der Waals surface area contributed by atoms with Crippen LogP contribution in [-0.4, -0.2) is 51.5 Å². The Kier molecular flexibility index (Phi) is 6.85. The van der Waals surface area contributed by atoms with Crippen molar-refractivity contribution in [3.05, 3.63) is 36.7 Å². The Morgan fingerprint density at radius 1 is 1.41 bits per heavy atom. The number of H-pyrrole nitrogens is 1. The maximum absolute atomic E-state index is 12.2. The molecule has 0 aromatic carbocycles. The first-order valence-electron chi connectivity index (χ1n) is 11.2. The first kappa shape index (κ1) is 21.6. The highest BCUT2D eigenvalue weighted by molar-refractivity contribution is 5.97. The van der Waals surface area contributed by atoms with Crippen molar-refractivity contribution in [3.8, 4) is 23.2 Å². The van der Waals surface area contributed by atoms with Gasteiger partial charge in [-0.3, -0.25) is 4.79 Å². The summed E-state index contributed by atoms with van der Waals surface area (Å²) in [6, 6.07) is 9.80. The van der Waals surface area contributed by atoms with E-state index in [-0.39, 0.29) is 18.4 Å². The molecule has 0 bridgehead atoms. The summed E-state index contributed by atoms with van der Waals surface area (Å²) in [5.74, 6) is 0.487. The molecule has 1 fully saturated rings. The molecule has 1 atom stereocenters. The van der Waals surface area contributed by atoms with Gasteiger partial charge in [-0.15, -0.1) is 0 Å². The number of rotatable bonds is 8. The topological polar surface area (TPSA) is 107 Å². The number of hydrogen-bond donors (Lipinski definition) is 2. The molecule has 32 heavy (non-hydrogen) atoms. The van der Waals surface area contributed by atoms with E-state index in [2.05, 4.69) is 22.2 Å². The summed E-state index contributed by atoms with van der Waals surface area (Å²) in [6.45, 7) is 4.03. The molecule has 3 aromatic heterocycles. The number of anilines is 1. The molecule has 2 N–H and O–H groups in total. The molecule has 3 aromatic rings. The van der Waals surface area contributed by atoms with Gasteiger partial charge in [-0.1, -0.05) is 19.4 Å². The van der Waals surface area contributed by atoms with Crippen molar-refractivity contribution < 1.29 is 9.53 Å². The van der Waals surface area contributed by atoms with E-state index in [0.29, 0.717) is 25.6 Å². The van der Waals surface area contributed by atoms with Crippen LogP contribution in [0.5, 0.6) is 5.88 Å². The molecule has 4 rings (SSSR count). The number of amides is 1. The van der Waals surface area contributed by atoms with Gasteiger partial charge in [0.2, 0.25) is 11.8 Å². The van der Waals surface area contributed by atoms with Gasteiger partial charge in [-0.25, -0.2) is 9.97 Å². The van der Waals surface area contributed by atoms with Crippen molar-refractivity contribution in [2.24, 2.45) is 0 Å². The highest BCUT2D eigenvalue weighted by Gasteiger charge is 2.25. The summed E-state index contributed by atoms with van der Waals surface area (Å²) < 4.78 is 5.81. The molecule has 8 nitrogen and oxygen atoms in total. The van der Waals surface area contributed by atoms with Gasteiger partial charge in [0.25, 0.3) is 0 Å². The second-order valence-corrected chi connectivity index (χ2v) is 8.01. The van der Waals surface area contributed by atoms with Crippen molar-refractivity contribution in [2.75, 3.05) is 25.0 Å². The molecular formula is C24H28N6O2. The number of hydrogen-bond acceptors (Lipinski definition) is 6. The molecule has 0 saturated carbocycles. The Bertz CT molecular complexity index is 1120. The predicted molar refractivity (Wildman–Crippen MR) is 123 cm³/mol. The minimum atomic E-state index is -0.112. The molecule has 0 aliphatic carbocycles. The molecule has 0 spiro atoms. The van der Waals surface area contributed by atoms with Crippen LogP contribution in [0.2, 0.25) is 0 Å². The number of piperidine rings is 1. The number of carbonyl (C=O) groups is 1. The van der Waals surface area contributed by atoms with Crippen LogP contribution in [0.4, 0.5) is 5.69 Å². The smallest absolute Gasteiger partial charge is 0.236 e. The number of unbranched alkanes of at least 4 members (excludes halogenated alkanes) is 1. The molecule has 8 heteroatoms. The molecule has 4 heterocycles. The molecule has 1 saturated heterocycles. The fourth-order valence-corrected chi connectivity index (χ4v) is 4.03. The van der Waals surface area contributed by atoms with Gasteiger partial charge in [0, 0.05) is 48.5 Å². The van der Waals surface area contributed by atoms with Crippen LogP contribution in [0.25, 0.3) is 22.3 Å². The summed E-state index contributed by atoms with van der Waals surface area (Å²) in [5.41, 5.74) is 3.40. The molecule has 0 radical (unpaired) electrons. The van der Waals surface area contributed by atoms with Crippen molar-refractivity contribution in [1.82, 2.24) is 19.9 Å². The van der Waals surface area contributed by atoms with Gasteiger partial charge in [0.1, 0.15) is 12.1 Å². The third-order valence-electron chi connectivity index (χ3n) is 5.69. The Hall–Kier alpha value is -3.60. The number of fused-ring (bicyclic) bond motifs is 1. The van der Waals surface area contributed by atoms with E-state index in [4.69, 9.17) is 15.0 Å². The number of ether oxygens (including phenoxy) is 1. The number of nitriles is 1. The van der Waals surface area contributed by atoms with E-state index < -0.39 is 0 Å². The average Bonchev–Trinajstić information content (AvgIpc) is 3.29. The lowest BCUT2D eigenvalue weighted by Gasteiger charge is -2.34. The quantitative estimate of drug-likeness (QED) is 0.519. The maximum Gasteiger partial charge on any atom is 0.236 e. The zero-order valence-electron chi connectivity index (χ0n) is 18.3. The van der Waals surface area contributed by atoms with Crippen LogP contribution in [-0.2, 0) is 4.79 Å². The molecule has 166 valence electrons. The van der Waals surface area contributed by atoms with Gasteiger partial charge in [-0.2, -0.15) is 5.26 Å². The first-order valence-corrected chi connectivity index (χ1v) is 11.2. The van der Waals surface area contributed by atoms with Crippen molar-refractivity contribution in [2.45, 2.75) is 45.1 Å². The fraction of sp³-hybridized carbons (Fsp3) is 0.417. The van der Waals surface area contributed by atoms with Crippen LogP contribution in [0.15, 0.2) is 36.7 Å². The van der Waals surface area contributed by atoms with E-state index in [9.17, 15) is 4.79 Å². The lowest BCUT2D eigenvalue weighted by molar-refractivity contribution is -0.131. The van der Waals surface area contributed by atoms with E-state index in [1.165, 1.54) is 0 Å². The highest BCUT2D eigenvalue weighted by atomic mass is 16.5. The lowest BCUT2D eigenvalue weighted by atomic mass is 10.0. The number of nitrogens with one attached hydrogen (secondary N) is 2. The summed E-state index contributed by atoms with van der Waals surface area (Å²) in [7, 11) is 0. The normalized spacial score (nSPS) is 16.0. The van der Waals surface area contributed by atoms with E-state index in [1.807, 2.05) is 42.7 Å². The monoisotopic (exact) mass is 432 g/mol. The number of carbonyl (C=O) groups excluding carboxylic acids is 1. The second kappa shape index (κ2) is 10.1. The summed E-state index contributed by atoms with van der Waals surface area (Å²) in [6.07, 6.45) is 7.50. The standard InChI is InChI=1S/C24H28N6O2/c1-2-3-14-32-21-8-4-7-20(29-21)19-15-27-24-18(10-12-26-24)23(19)28-17-6-5-13-30(16-17)22(31)9-11-25/h4,7-8,10,12,15,17H,2-3,5-6,9,13-14,16H2,1H3,(H2,26,27,28)/t17-/m1/s1. The van der Waals surface area contributed by atoms with Crippen LogP contribution < -0.4 is 10.1 Å². The fourth-order valence-electron chi connectivity index (χ4n) is 4.03. The van der Waals surface area contributed by atoms with Crippen molar-refractivity contribution in [1.29, 1.82) is 5.26 Å². The van der Waals surface area contributed by atoms with Gasteiger partial charge in [-0.05, 0) is 31.4 Å². The van der Waals surface area contributed by atoms with Gasteiger partial charge >= 0.3 is 0 Å². The number of aromatic amines is 1. The van der Waals surface area contributed by atoms with E-state index in [0.717, 1.165) is 53.7 Å². The van der Waals surface area contributed by atoms with Gasteiger partial charge in [0.05, 0.1) is 24.1 Å². The van der Waals surface area contributed by atoms with Crippen molar-refractivity contribution in [3.63, 3.8) is 0 Å². The summed E-state index contributed by atoms with van der Waals surface area (Å²) in [4.78, 5) is 26.5. The minimum Gasteiger partial charge on any atom is -0.478 e. The van der Waals surface area contributed by atoms with E-state index >= 15 is 0 Å². The average molecular weight is 433 g/mol. The minimum absolute atomic E-state index is 0.0784. The Morgan fingerprint density at radius 3 is 3.16 bits per heavy atom. The predicted octanol–water partition coefficient (Wildman–Crippen LogP) is 4.12. The number of likely N-dealkylation sites (tertiary alicyclic amines) is 1. The van der Waals surface area contributed by atoms with Crippen LogP contribution in [0, 0.1) is 11.3 Å². The van der Waals surface area contributed by atoms with Gasteiger partial charge in [0.15, 0.2) is 0 Å². The Labute approximate surface area is 187 Å². The SMILES string of the molecule is CCCCOc1cccc(-c2cnc3[nH]ccc3c2N[C@@H]2CCCN(C(=O)CC#N)C2)n1. The van der Waals surface area contributed by atoms with E-state index in [1.54, 1.807) is 4.90 Å². The lowest BCUT2D eigenvalue weighted by Crippen LogP contribution is -2.45. The first-order chi connectivity index (χ1) is 15.7. The Balaban J connectivity index is 1.62. The Morgan fingerprint density at radius 2 is 2.31 bits per heavy atom.